The summed E-state index contributed by atoms with van der Waals surface area (Å²) < 4.78 is 5.63. The van der Waals surface area contributed by atoms with E-state index in [9.17, 15) is 0 Å². The summed E-state index contributed by atoms with van der Waals surface area (Å²) >= 11 is 0. The molecule has 0 amide bonds. The summed E-state index contributed by atoms with van der Waals surface area (Å²) in [5.74, 6) is 0.857. The van der Waals surface area contributed by atoms with Gasteiger partial charge in [-0.1, -0.05) is 48.5 Å². The Labute approximate surface area is 108 Å². The number of hydrogen-bond acceptors (Lipinski definition) is 2. The van der Waals surface area contributed by atoms with Crippen molar-refractivity contribution < 1.29 is 4.74 Å². The predicted octanol–water partition coefficient (Wildman–Crippen LogP) is 3.24. The number of rotatable bonds is 5. The fourth-order valence-corrected chi connectivity index (χ4v) is 1.65. The van der Waals surface area contributed by atoms with Gasteiger partial charge in [-0.05, 0) is 29.3 Å². The lowest BCUT2D eigenvalue weighted by molar-refractivity contribution is 0.363. The molecule has 0 aliphatic heterocycles. The Kier molecular flexibility index (Phi) is 4.56. The highest BCUT2D eigenvalue weighted by Crippen LogP contribution is 2.12. The van der Waals surface area contributed by atoms with Gasteiger partial charge in [0.25, 0.3) is 0 Å². The van der Waals surface area contributed by atoms with E-state index in [-0.39, 0.29) is 0 Å². The highest BCUT2D eigenvalue weighted by molar-refractivity contribution is 5.48. The maximum Gasteiger partial charge on any atom is 0.120 e. The van der Waals surface area contributed by atoms with E-state index in [4.69, 9.17) is 10.5 Å². The topological polar surface area (TPSA) is 35.2 Å². The molecule has 2 rings (SSSR count). The maximum absolute atomic E-state index is 5.63. The van der Waals surface area contributed by atoms with Crippen molar-refractivity contribution in [3.63, 3.8) is 0 Å². The van der Waals surface area contributed by atoms with Gasteiger partial charge in [0.05, 0.1) is 0 Å². The Morgan fingerprint density at radius 1 is 1.00 bits per heavy atom. The highest BCUT2D eigenvalue weighted by atomic mass is 16.5. The normalized spacial score (nSPS) is 10.7. The van der Waals surface area contributed by atoms with Gasteiger partial charge >= 0.3 is 0 Å². The summed E-state index contributed by atoms with van der Waals surface area (Å²) in [7, 11) is 0. The molecule has 2 aromatic carbocycles. The second-order valence-electron chi connectivity index (χ2n) is 3.98. The molecule has 18 heavy (non-hydrogen) atoms. The van der Waals surface area contributed by atoms with Crippen molar-refractivity contribution in [3.05, 3.63) is 71.8 Å². The van der Waals surface area contributed by atoms with E-state index < -0.39 is 0 Å². The van der Waals surface area contributed by atoms with Crippen LogP contribution in [0.15, 0.2) is 60.7 Å². The summed E-state index contributed by atoms with van der Waals surface area (Å²) in [5.41, 5.74) is 7.84. The fraction of sp³-hybridized carbons (Fsp3) is 0.125. The van der Waals surface area contributed by atoms with E-state index in [1.807, 2.05) is 54.6 Å². The van der Waals surface area contributed by atoms with Gasteiger partial charge in [0.1, 0.15) is 12.4 Å². The number of benzene rings is 2. The zero-order valence-electron chi connectivity index (χ0n) is 10.3. The molecule has 0 aliphatic carbocycles. The van der Waals surface area contributed by atoms with Crippen molar-refractivity contribution in [1.82, 2.24) is 0 Å². The third kappa shape index (κ3) is 3.75. The first-order chi connectivity index (χ1) is 8.88. The first-order valence-electron chi connectivity index (χ1n) is 6.02. The van der Waals surface area contributed by atoms with Gasteiger partial charge in [0, 0.05) is 6.54 Å². The molecule has 0 radical (unpaired) electrons. The van der Waals surface area contributed by atoms with Gasteiger partial charge in [-0.2, -0.15) is 0 Å². The summed E-state index contributed by atoms with van der Waals surface area (Å²) in [6, 6.07) is 18.0. The van der Waals surface area contributed by atoms with Crippen LogP contribution in [0.1, 0.15) is 11.1 Å². The molecule has 0 saturated carbocycles. The van der Waals surface area contributed by atoms with Crippen LogP contribution in [0, 0.1) is 0 Å². The SMILES string of the molecule is NCc1cccc(OC/C=C/c2ccccc2)c1. The molecule has 2 nitrogen and oxygen atoms in total. The smallest absolute Gasteiger partial charge is 0.120 e. The molecule has 0 bridgehead atoms. The average Bonchev–Trinajstić information content (AvgIpc) is 2.45. The van der Waals surface area contributed by atoms with Crippen LogP contribution in [0.5, 0.6) is 5.75 Å². The van der Waals surface area contributed by atoms with Crippen LogP contribution in [0.2, 0.25) is 0 Å². The fourth-order valence-electron chi connectivity index (χ4n) is 1.65. The molecule has 0 unspecified atom stereocenters. The van der Waals surface area contributed by atoms with Gasteiger partial charge in [-0.15, -0.1) is 0 Å². The molecule has 92 valence electrons. The Morgan fingerprint density at radius 2 is 1.83 bits per heavy atom. The Hall–Kier alpha value is -2.06. The first-order valence-corrected chi connectivity index (χ1v) is 6.02. The summed E-state index contributed by atoms with van der Waals surface area (Å²) in [5, 5.41) is 0. The van der Waals surface area contributed by atoms with Gasteiger partial charge in [0.2, 0.25) is 0 Å². The lowest BCUT2D eigenvalue weighted by atomic mass is 10.2. The standard InChI is InChI=1S/C16H17NO/c17-13-15-8-4-10-16(12-15)18-11-5-9-14-6-2-1-3-7-14/h1-10,12H,11,13,17H2/b9-5+. The molecule has 0 spiro atoms. The van der Waals surface area contributed by atoms with E-state index >= 15 is 0 Å². The third-order valence-electron chi connectivity index (χ3n) is 2.59. The van der Waals surface area contributed by atoms with Gasteiger partial charge in [-0.25, -0.2) is 0 Å². The van der Waals surface area contributed by atoms with Crippen molar-refractivity contribution in [2.75, 3.05) is 6.61 Å². The molecule has 2 aromatic rings. The zero-order chi connectivity index (χ0) is 12.6. The molecule has 2 heteroatoms. The lowest BCUT2D eigenvalue weighted by Crippen LogP contribution is -1.98. The van der Waals surface area contributed by atoms with E-state index in [0.29, 0.717) is 13.2 Å². The number of hydrogen-bond donors (Lipinski definition) is 1. The molecular formula is C16H17NO. The van der Waals surface area contributed by atoms with Crippen LogP contribution >= 0.6 is 0 Å². The molecule has 0 heterocycles. The lowest BCUT2D eigenvalue weighted by Gasteiger charge is -2.04. The van der Waals surface area contributed by atoms with Crippen molar-refractivity contribution in [1.29, 1.82) is 0 Å². The zero-order valence-corrected chi connectivity index (χ0v) is 10.3. The molecular weight excluding hydrogens is 222 g/mol. The third-order valence-corrected chi connectivity index (χ3v) is 2.59. The molecule has 0 atom stereocenters. The van der Waals surface area contributed by atoms with Crippen LogP contribution in [0.4, 0.5) is 0 Å². The van der Waals surface area contributed by atoms with Crippen LogP contribution in [0.3, 0.4) is 0 Å². The minimum absolute atomic E-state index is 0.539. The number of nitrogens with two attached hydrogens (primary N) is 1. The van der Waals surface area contributed by atoms with Gasteiger partial charge < -0.3 is 10.5 Å². The van der Waals surface area contributed by atoms with Crippen LogP contribution < -0.4 is 10.5 Å². The Balaban J connectivity index is 1.86. The minimum Gasteiger partial charge on any atom is -0.490 e. The molecule has 0 aliphatic rings. The number of ether oxygens (including phenoxy) is 1. The Morgan fingerprint density at radius 3 is 2.61 bits per heavy atom. The van der Waals surface area contributed by atoms with E-state index in [2.05, 4.69) is 12.1 Å². The predicted molar refractivity (Wildman–Crippen MR) is 75.3 cm³/mol. The minimum atomic E-state index is 0.539. The Bertz CT molecular complexity index is 506. The van der Waals surface area contributed by atoms with Crippen LogP contribution in [-0.4, -0.2) is 6.61 Å². The van der Waals surface area contributed by atoms with Gasteiger partial charge in [-0.3, -0.25) is 0 Å². The van der Waals surface area contributed by atoms with Crippen molar-refractivity contribution >= 4 is 6.08 Å². The monoisotopic (exact) mass is 239 g/mol. The maximum atomic E-state index is 5.63. The van der Waals surface area contributed by atoms with Gasteiger partial charge in [0.15, 0.2) is 0 Å². The molecule has 0 aromatic heterocycles. The van der Waals surface area contributed by atoms with Crippen LogP contribution in [0.25, 0.3) is 6.08 Å². The average molecular weight is 239 g/mol. The van der Waals surface area contributed by atoms with E-state index in [1.54, 1.807) is 0 Å². The highest BCUT2D eigenvalue weighted by Gasteiger charge is 1.93. The summed E-state index contributed by atoms with van der Waals surface area (Å²) in [6.45, 7) is 1.10. The van der Waals surface area contributed by atoms with Crippen molar-refractivity contribution in [2.24, 2.45) is 5.73 Å². The first kappa shape index (κ1) is 12.4. The van der Waals surface area contributed by atoms with E-state index in [1.165, 1.54) is 5.56 Å². The largest absolute Gasteiger partial charge is 0.490 e. The summed E-state index contributed by atoms with van der Waals surface area (Å²) in [4.78, 5) is 0. The van der Waals surface area contributed by atoms with Crippen molar-refractivity contribution in [3.8, 4) is 5.75 Å². The second-order valence-corrected chi connectivity index (χ2v) is 3.98. The molecule has 2 N–H and O–H groups in total. The van der Waals surface area contributed by atoms with Crippen molar-refractivity contribution in [2.45, 2.75) is 6.54 Å². The molecule has 0 saturated heterocycles. The molecule has 0 fully saturated rings. The summed E-state index contributed by atoms with van der Waals surface area (Å²) in [6.07, 6.45) is 4.05. The van der Waals surface area contributed by atoms with Crippen LogP contribution in [-0.2, 0) is 6.54 Å². The van der Waals surface area contributed by atoms with E-state index in [0.717, 1.165) is 11.3 Å². The second kappa shape index (κ2) is 6.62. The quantitative estimate of drug-likeness (QED) is 0.869.